The van der Waals surface area contributed by atoms with Gasteiger partial charge in [0.2, 0.25) is 0 Å². The average Bonchev–Trinajstić information content (AvgIpc) is 2.04. The van der Waals surface area contributed by atoms with Gasteiger partial charge in [0.1, 0.15) is 0 Å². The van der Waals surface area contributed by atoms with Crippen molar-refractivity contribution < 1.29 is 14.4 Å². The minimum absolute atomic E-state index is 0.108. The van der Waals surface area contributed by atoms with Crippen LogP contribution in [0.15, 0.2) is 0 Å². The lowest BCUT2D eigenvalue weighted by atomic mass is 9.88. The van der Waals surface area contributed by atoms with Gasteiger partial charge in [-0.05, 0) is 12.8 Å². The second-order valence-corrected chi connectivity index (χ2v) is 5.57. The summed E-state index contributed by atoms with van der Waals surface area (Å²) in [6, 6.07) is 0. The van der Waals surface area contributed by atoms with Crippen molar-refractivity contribution in [2.45, 2.75) is 37.3 Å². The summed E-state index contributed by atoms with van der Waals surface area (Å²) in [4.78, 5) is 18.2. The smallest absolute Gasteiger partial charge is 0.329 e. The van der Waals surface area contributed by atoms with Crippen LogP contribution in [0.5, 0.6) is 0 Å². The fourth-order valence-electron chi connectivity index (χ4n) is 1.82. The summed E-state index contributed by atoms with van der Waals surface area (Å²) in [7, 11) is -4.00. The number of nitrogens with two attached hydrogens (primary N) is 1. The van der Waals surface area contributed by atoms with Crippen LogP contribution in [0, 0.1) is 0 Å². The predicted molar refractivity (Wildman–Crippen MR) is 46.9 cm³/mol. The molecule has 72 valence electrons. The molecular weight excluding hydrogens is 177 g/mol. The Balaban J connectivity index is 2.81. The Kier molecular flexibility index (Phi) is 2.94. The van der Waals surface area contributed by atoms with Crippen LogP contribution in [0.3, 0.4) is 0 Å². The molecule has 5 heteroatoms. The topological polar surface area (TPSA) is 83.6 Å². The first-order valence-electron chi connectivity index (χ1n) is 4.28. The molecular formula is C7H16NO3P. The zero-order valence-electron chi connectivity index (χ0n) is 7.07. The van der Waals surface area contributed by atoms with Crippen molar-refractivity contribution in [3.05, 3.63) is 0 Å². The molecule has 1 rings (SSSR count). The average molecular weight is 193 g/mol. The molecule has 0 radical (unpaired) electrons. The van der Waals surface area contributed by atoms with Gasteiger partial charge >= 0.3 is 7.60 Å². The van der Waals surface area contributed by atoms with Gasteiger partial charge in [0.15, 0.2) is 0 Å². The van der Waals surface area contributed by atoms with Crippen LogP contribution < -0.4 is 5.73 Å². The lowest BCUT2D eigenvalue weighted by Gasteiger charge is -2.36. The Morgan fingerprint density at radius 3 is 2.00 bits per heavy atom. The molecule has 1 fully saturated rings. The van der Waals surface area contributed by atoms with Gasteiger partial charge in [-0.15, -0.1) is 0 Å². The predicted octanol–water partition coefficient (Wildman–Crippen LogP) is 0.826. The normalized spacial score (nSPS) is 23.9. The van der Waals surface area contributed by atoms with Gasteiger partial charge in [-0.2, -0.15) is 0 Å². The van der Waals surface area contributed by atoms with Crippen LogP contribution in [-0.2, 0) is 4.57 Å². The van der Waals surface area contributed by atoms with Crippen molar-refractivity contribution >= 4 is 7.60 Å². The van der Waals surface area contributed by atoms with E-state index in [-0.39, 0.29) is 6.54 Å². The summed E-state index contributed by atoms with van der Waals surface area (Å²) >= 11 is 0. The molecule has 0 saturated heterocycles. The first-order valence-corrected chi connectivity index (χ1v) is 5.89. The highest BCUT2D eigenvalue weighted by atomic mass is 31.2. The van der Waals surface area contributed by atoms with Crippen molar-refractivity contribution in [3.8, 4) is 0 Å². The van der Waals surface area contributed by atoms with E-state index in [1.165, 1.54) is 0 Å². The molecule has 0 bridgehead atoms. The van der Waals surface area contributed by atoms with Crippen LogP contribution in [0.2, 0.25) is 0 Å². The monoisotopic (exact) mass is 193 g/mol. The second-order valence-electron chi connectivity index (χ2n) is 3.53. The molecule has 1 aliphatic rings. The van der Waals surface area contributed by atoms with E-state index < -0.39 is 12.8 Å². The maximum atomic E-state index is 11.2. The fourth-order valence-corrected chi connectivity index (χ4v) is 2.96. The van der Waals surface area contributed by atoms with E-state index in [9.17, 15) is 4.57 Å². The molecule has 0 aromatic heterocycles. The molecule has 0 aliphatic heterocycles. The molecule has 4 N–H and O–H groups in total. The van der Waals surface area contributed by atoms with Crippen LogP contribution in [0.4, 0.5) is 0 Å². The van der Waals surface area contributed by atoms with Gasteiger partial charge in [-0.3, -0.25) is 4.57 Å². The van der Waals surface area contributed by atoms with Gasteiger partial charge in [0.25, 0.3) is 0 Å². The SMILES string of the molecule is NCC1(P(=O)(O)O)CCCCC1. The summed E-state index contributed by atoms with van der Waals surface area (Å²) in [5, 5.41) is -0.898. The summed E-state index contributed by atoms with van der Waals surface area (Å²) in [5.41, 5.74) is 5.43. The number of hydrogen-bond acceptors (Lipinski definition) is 2. The van der Waals surface area contributed by atoms with Crippen molar-refractivity contribution in [1.29, 1.82) is 0 Å². The highest BCUT2D eigenvalue weighted by molar-refractivity contribution is 7.53. The standard InChI is InChI=1S/C7H16NO3P/c8-6-7(12(9,10)11)4-2-1-3-5-7/h1-6,8H2,(H2,9,10,11). The number of hydrogen-bond donors (Lipinski definition) is 3. The van der Waals surface area contributed by atoms with Gasteiger partial charge in [0.05, 0.1) is 5.16 Å². The molecule has 0 unspecified atom stereocenters. The first kappa shape index (κ1) is 10.2. The molecule has 1 aliphatic carbocycles. The molecule has 0 aromatic carbocycles. The maximum Gasteiger partial charge on any atom is 0.332 e. The quantitative estimate of drug-likeness (QED) is 0.567. The van der Waals surface area contributed by atoms with E-state index in [4.69, 9.17) is 15.5 Å². The van der Waals surface area contributed by atoms with E-state index >= 15 is 0 Å². The fraction of sp³-hybridized carbons (Fsp3) is 1.00. The van der Waals surface area contributed by atoms with Crippen LogP contribution in [0.25, 0.3) is 0 Å². The summed E-state index contributed by atoms with van der Waals surface area (Å²) in [6.07, 6.45) is 4.01. The van der Waals surface area contributed by atoms with Gasteiger partial charge < -0.3 is 15.5 Å². The summed E-state index contributed by atoms with van der Waals surface area (Å²) in [6.45, 7) is 0.108. The Labute approximate surface area is 72.3 Å². The molecule has 4 nitrogen and oxygen atoms in total. The Hall–Kier alpha value is 0.110. The van der Waals surface area contributed by atoms with Gasteiger partial charge in [-0.25, -0.2) is 0 Å². The van der Waals surface area contributed by atoms with E-state index in [2.05, 4.69) is 0 Å². The molecule has 0 amide bonds. The highest BCUT2D eigenvalue weighted by Gasteiger charge is 2.45. The van der Waals surface area contributed by atoms with Gasteiger partial charge in [-0.1, -0.05) is 19.3 Å². The third-order valence-corrected chi connectivity index (χ3v) is 4.65. The minimum atomic E-state index is -4.00. The maximum absolute atomic E-state index is 11.2. The molecule has 1 saturated carbocycles. The van der Waals surface area contributed by atoms with Crippen LogP contribution >= 0.6 is 7.60 Å². The Morgan fingerprint density at radius 1 is 1.25 bits per heavy atom. The molecule has 0 atom stereocenters. The number of rotatable bonds is 2. The second kappa shape index (κ2) is 3.46. The summed E-state index contributed by atoms with van der Waals surface area (Å²) < 4.78 is 11.2. The third kappa shape index (κ3) is 1.72. The molecule has 0 spiro atoms. The largest absolute Gasteiger partial charge is 0.332 e. The van der Waals surface area contributed by atoms with Gasteiger partial charge in [0, 0.05) is 6.54 Å². The van der Waals surface area contributed by atoms with Crippen LogP contribution in [0.1, 0.15) is 32.1 Å². The van der Waals surface area contributed by atoms with Crippen molar-refractivity contribution in [2.24, 2.45) is 5.73 Å². The van der Waals surface area contributed by atoms with Crippen molar-refractivity contribution in [3.63, 3.8) is 0 Å². The lowest BCUT2D eigenvalue weighted by Crippen LogP contribution is -2.39. The minimum Gasteiger partial charge on any atom is -0.329 e. The molecule has 12 heavy (non-hydrogen) atoms. The zero-order valence-corrected chi connectivity index (χ0v) is 7.96. The van der Waals surface area contributed by atoms with E-state index in [1.807, 2.05) is 0 Å². The lowest BCUT2D eigenvalue weighted by molar-refractivity contribution is 0.282. The summed E-state index contributed by atoms with van der Waals surface area (Å²) in [5.74, 6) is 0. The van der Waals surface area contributed by atoms with Crippen molar-refractivity contribution in [1.82, 2.24) is 0 Å². The third-order valence-electron chi connectivity index (χ3n) is 2.78. The van der Waals surface area contributed by atoms with E-state index in [0.717, 1.165) is 19.3 Å². The van der Waals surface area contributed by atoms with Crippen molar-refractivity contribution in [2.75, 3.05) is 6.54 Å². The first-order chi connectivity index (χ1) is 5.52. The zero-order chi connectivity index (χ0) is 9.24. The van der Waals surface area contributed by atoms with Crippen LogP contribution in [-0.4, -0.2) is 21.5 Å². The molecule has 0 heterocycles. The Bertz CT molecular complexity index is 195. The van der Waals surface area contributed by atoms with E-state index in [1.54, 1.807) is 0 Å². The highest BCUT2D eigenvalue weighted by Crippen LogP contribution is 2.56. The van der Waals surface area contributed by atoms with E-state index in [0.29, 0.717) is 12.8 Å². The molecule has 0 aromatic rings. The Morgan fingerprint density at radius 2 is 1.75 bits per heavy atom.